The Hall–Kier alpha value is -1.70. The van der Waals surface area contributed by atoms with Crippen molar-refractivity contribution in [3.63, 3.8) is 0 Å². The molecule has 0 aliphatic rings. The van der Waals surface area contributed by atoms with E-state index in [9.17, 15) is 0 Å². The zero-order chi connectivity index (χ0) is 15.8. The fraction of sp³-hybridized carbons (Fsp3) is 0.474. The number of hydrogen-bond donors (Lipinski definition) is 1. The summed E-state index contributed by atoms with van der Waals surface area (Å²) in [5.41, 5.74) is 9.69. The van der Waals surface area contributed by atoms with Gasteiger partial charge in [-0.3, -0.25) is 0 Å². The average molecular weight is 287 g/mol. The molecule has 0 amide bonds. The SMILES string of the molecule is C=C(N)/C(C)=C/c1cc(OC(CCC)CCC)ccc1C. The third kappa shape index (κ3) is 5.66. The predicted octanol–water partition coefficient (Wildman–Crippen LogP) is 5.22. The van der Waals surface area contributed by atoms with Gasteiger partial charge in [0, 0.05) is 5.70 Å². The molecular formula is C19H29NO. The van der Waals surface area contributed by atoms with E-state index in [0.29, 0.717) is 11.8 Å². The second-order valence-electron chi connectivity index (χ2n) is 5.69. The largest absolute Gasteiger partial charge is 0.490 e. The standard InChI is InChI=1S/C19H29NO/c1-6-8-18(9-7-2)21-19-11-10-14(3)17(13-19)12-15(4)16(5)20/h10-13,18H,5-9,20H2,1-4H3/b15-12+. The summed E-state index contributed by atoms with van der Waals surface area (Å²) in [6, 6.07) is 6.25. The second-order valence-corrected chi connectivity index (χ2v) is 5.69. The lowest BCUT2D eigenvalue weighted by Gasteiger charge is -2.19. The lowest BCUT2D eigenvalue weighted by Crippen LogP contribution is -2.15. The van der Waals surface area contributed by atoms with Crippen molar-refractivity contribution in [1.29, 1.82) is 0 Å². The molecule has 2 heteroatoms. The molecule has 0 spiro atoms. The molecule has 1 aromatic carbocycles. The van der Waals surface area contributed by atoms with Crippen LogP contribution in [0.15, 0.2) is 36.0 Å². The fourth-order valence-corrected chi connectivity index (χ4v) is 2.27. The van der Waals surface area contributed by atoms with Gasteiger partial charge in [-0.05, 0) is 61.6 Å². The van der Waals surface area contributed by atoms with Crippen LogP contribution in [-0.4, -0.2) is 6.10 Å². The summed E-state index contributed by atoms with van der Waals surface area (Å²) in [4.78, 5) is 0. The minimum Gasteiger partial charge on any atom is -0.490 e. The molecule has 0 aromatic heterocycles. The smallest absolute Gasteiger partial charge is 0.120 e. The topological polar surface area (TPSA) is 35.2 Å². The van der Waals surface area contributed by atoms with Gasteiger partial charge in [-0.25, -0.2) is 0 Å². The molecule has 0 atom stereocenters. The molecular weight excluding hydrogens is 258 g/mol. The third-order valence-corrected chi connectivity index (χ3v) is 3.65. The summed E-state index contributed by atoms with van der Waals surface area (Å²) in [6.45, 7) is 12.3. The first-order valence-electron chi connectivity index (χ1n) is 7.88. The first kappa shape index (κ1) is 17.4. The van der Waals surface area contributed by atoms with Crippen molar-refractivity contribution in [2.45, 2.75) is 59.5 Å². The minimum atomic E-state index is 0.310. The van der Waals surface area contributed by atoms with Crippen LogP contribution in [0.4, 0.5) is 0 Å². The van der Waals surface area contributed by atoms with Gasteiger partial charge in [-0.1, -0.05) is 39.3 Å². The molecule has 2 nitrogen and oxygen atoms in total. The van der Waals surface area contributed by atoms with Crippen molar-refractivity contribution in [2.75, 3.05) is 0 Å². The normalized spacial score (nSPS) is 11.8. The van der Waals surface area contributed by atoms with Crippen LogP contribution in [0.2, 0.25) is 0 Å². The highest BCUT2D eigenvalue weighted by Crippen LogP contribution is 2.23. The first-order valence-corrected chi connectivity index (χ1v) is 7.88. The van der Waals surface area contributed by atoms with E-state index in [4.69, 9.17) is 10.5 Å². The summed E-state index contributed by atoms with van der Waals surface area (Å²) >= 11 is 0. The lowest BCUT2D eigenvalue weighted by atomic mass is 10.0. The fourth-order valence-electron chi connectivity index (χ4n) is 2.27. The molecule has 0 aliphatic heterocycles. The van der Waals surface area contributed by atoms with E-state index in [2.05, 4.69) is 51.6 Å². The quantitative estimate of drug-likeness (QED) is 0.665. The lowest BCUT2D eigenvalue weighted by molar-refractivity contribution is 0.179. The molecule has 0 saturated carbocycles. The van der Waals surface area contributed by atoms with Gasteiger partial charge in [0.05, 0.1) is 6.10 Å². The number of benzene rings is 1. The van der Waals surface area contributed by atoms with E-state index in [1.165, 1.54) is 5.56 Å². The molecule has 0 heterocycles. The van der Waals surface area contributed by atoms with Gasteiger partial charge in [0.15, 0.2) is 0 Å². The molecule has 2 N–H and O–H groups in total. The van der Waals surface area contributed by atoms with Gasteiger partial charge in [0.25, 0.3) is 0 Å². The third-order valence-electron chi connectivity index (χ3n) is 3.65. The molecule has 1 aromatic rings. The van der Waals surface area contributed by atoms with Gasteiger partial charge in [-0.15, -0.1) is 0 Å². The molecule has 0 radical (unpaired) electrons. The molecule has 0 fully saturated rings. The maximum Gasteiger partial charge on any atom is 0.120 e. The van der Waals surface area contributed by atoms with Crippen molar-refractivity contribution in [3.8, 4) is 5.75 Å². The van der Waals surface area contributed by atoms with Crippen LogP contribution in [0.25, 0.3) is 6.08 Å². The summed E-state index contributed by atoms with van der Waals surface area (Å²) in [5, 5.41) is 0. The average Bonchev–Trinajstić information content (AvgIpc) is 2.43. The van der Waals surface area contributed by atoms with E-state index in [0.717, 1.165) is 42.6 Å². The van der Waals surface area contributed by atoms with E-state index in [1.54, 1.807) is 0 Å². The summed E-state index contributed by atoms with van der Waals surface area (Å²) in [6.07, 6.45) is 6.88. The highest BCUT2D eigenvalue weighted by molar-refractivity contribution is 5.61. The van der Waals surface area contributed by atoms with Crippen LogP contribution in [0.3, 0.4) is 0 Å². The molecule has 21 heavy (non-hydrogen) atoms. The first-order chi connectivity index (χ1) is 9.97. The van der Waals surface area contributed by atoms with Gasteiger partial charge >= 0.3 is 0 Å². The zero-order valence-electron chi connectivity index (χ0n) is 13.9. The second kappa shape index (κ2) is 8.56. The molecule has 0 unspecified atom stereocenters. The van der Waals surface area contributed by atoms with Crippen molar-refractivity contribution in [2.24, 2.45) is 5.73 Å². The minimum absolute atomic E-state index is 0.310. The Balaban J connectivity index is 2.95. The summed E-state index contributed by atoms with van der Waals surface area (Å²) < 4.78 is 6.15. The highest BCUT2D eigenvalue weighted by atomic mass is 16.5. The predicted molar refractivity (Wildman–Crippen MR) is 92.4 cm³/mol. The van der Waals surface area contributed by atoms with Crippen LogP contribution >= 0.6 is 0 Å². The van der Waals surface area contributed by atoms with Crippen LogP contribution in [0.5, 0.6) is 5.75 Å². The van der Waals surface area contributed by atoms with E-state index >= 15 is 0 Å². The molecule has 0 bridgehead atoms. The number of ether oxygens (including phenoxy) is 1. The Labute approximate surface area is 129 Å². The van der Waals surface area contributed by atoms with Gasteiger partial charge < -0.3 is 10.5 Å². The van der Waals surface area contributed by atoms with E-state index in [-0.39, 0.29) is 0 Å². The van der Waals surface area contributed by atoms with Crippen molar-refractivity contribution in [1.82, 2.24) is 0 Å². The van der Waals surface area contributed by atoms with E-state index < -0.39 is 0 Å². The Kier molecular flexibility index (Phi) is 7.07. The van der Waals surface area contributed by atoms with Crippen molar-refractivity contribution < 1.29 is 4.74 Å². The summed E-state index contributed by atoms with van der Waals surface area (Å²) in [7, 11) is 0. The molecule has 116 valence electrons. The van der Waals surface area contributed by atoms with Gasteiger partial charge in [0.1, 0.15) is 5.75 Å². The Morgan fingerprint density at radius 1 is 1.29 bits per heavy atom. The molecule has 0 aliphatic carbocycles. The van der Waals surface area contributed by atoms with Crippen molar-refractivity contribution in [3.05, 3.63) is 47.2 Å². The number of hydrogen-bond acceptors (Lipinski definition) is 2. The maximum atomic E-state index is 6.15. The number of allylic oxidation sites excluding steroid dienone is 1. The van der Waals surface area contributed by atoms with Crippen LogP contribution in [0.1, 0.15) is 57.6 Å². The van der Waals surface area contributed by atoms with Crippen LogP contribution in [0, 0.1) is 6.92 Å². The Morgan fingerprint density at radius 3 is 2.43 bits per heavy atom. The van der Waals surface area contributed by atoms with Crippen LogP contribution in [-0.2, 0) is 0 Å². The van der Waals surface area contributed by atoms with Crippen LogP contribution < -0.4 is 10.5 Å². The van der Waals surface area contributed by atoms with Crippen molar-refractivity contribution >= 4 is 6.08 Å². The molecule has 1 rings (SSSR count). The molecule has 0 saturated heterocycles. The monoisotopic (exact) mass is 287 g/mol. The number of rotatable bonds is 8. The number of aryl methyl sites for hydroxylation is 1. The van der Waals surface area contributed by atoms with E-state index in [1.807, 2.05) is 6.92 Å². The summed E-state index contributed by atoms with van der Waals surface area (Å²) in [5.74, 6) is 0.939. The zero-order valence-corrected chi connectivity index (χ0v) is 13.9. The van der Waals surface area contributed by atoms with Gasteiger partial charge in [0.2, 0.25) is 0 Å². The van der Waals surface area contributed by atoms with Gasteiger partial charge in [-0.2, -0.15) is 0 Å². The maximum absolute atomic E-state index is 6.15. The number of nitrogens with two attached hydrogens (primary N) is 1. The Bertz CT molecular complexity index is 496. The highest BCUT2D eigenvalue weighted by Gasteiger charge is 2.09. The Morgan fingerprint density at radius 2 is 1.90 bits per heavy atom.